The Morgan fingerprint density at radius 3 is 2.84 bits per heavy atom. The van der Waals surface area contributed by atoms with Crippen molar-refractivity contribution in [3.8, 4) is 11.5 Å². The topological polar surface area (TPSA) is 102 Å². The van der Waals surface area contributed by atoms with Crippen molar-refractivity contribution in [2.24, 2.45) is 0 Å². The molecule has 2 aromatic carbocycles. The number of unbranched alkanes of at least 4 members (excludes halogenated alkanes) is 3. The third kappa shape index (κ3) is 5.51. The van der Waals surface area contributed by atoms with Crippen LogP contribution in [-0.2, 0) is 11.2 Å². The van der Waals surface area contributed by atoms with Gasteiger partial charge >= 0.3 is 0 Å². The number of carbonyl (C=O) groups is 1. The van der Waals surface area contributed by atoms with Crippen molar-refractivity contribution in [1.29, 1.82) is 0 Å². The summed E-state index contributed by atoms with van der Waals surface area (Å²) >= 11 is 0. The number of nitrogens with zero attached hydrogens (tertiary/aromatic N) is 3. The fourth-order valence-electron chi connectivity index (χ4n) is 3.52. The molecule has 0 aliphatic carbocycles. The number of amides is 1. The van der Waals surface area contributed by atoms with E-state index in [4.69, 9.17) is 9.47 Å². The van der Waals surface area contributed by atoms with Crippen LogP contribution < -0.4 is 14.8 Å². The zero-order chi connectivity index (χ0) is 22.2. The van der Waals surface area contributed by atoms with Gasteiger partial charge in [0.15, 0.2) is 17.6 Å². The summed E-state index contributed by atoms with van der Waals surface area (Å²) in [4.78, 5) is 12.5. The van der Waals surface area contributed by atoms with Crippen molar-refractivity contribution in [3.05, 3.63) is 65.5 Å². The van der Waals surface area contributed by atoms with E-state index in [2.05, 4.69) is 45.0 Å². The molecule has 1 unspecified atom stereocenters. The monoisotopic (exact) mass is 433 g/mol. The molecule has 0 saturated carbocycles. The molecule has 2 heterocycles. The molecule has 1 aliphatic rings. The molecule has 3 aromatic rings. The zero-order valence-corrected chi connectivity index (χ0v) is 18.1. The second kappa shape index (κ2) is 10.6. The van der Waals surface area contributed by atoms with Crippen LogP contribution in [0.2, 0.25) is 0 Å². The Kier molecular flexibility index (Phi) is 7.12. The highest BCUT2D eigenvalue weighted by Gasteiger charge is 2.28. The maximum atomic E-state index is 12.5. The van der Waals surface area contributed by atoms with Crippen molar-refractivity contribution in [1.82, 2.24) is 20.6 Å². The number of para-hydroxylation sites is 1. The molecule has 0 bridgehead atoms. The molecule has 32 heavy (non-hydrogen) atoms. The first-order valence-corrected chi connectivity index (χ1v) is 11.0. The molecule has 1 atom stereocenters. The summed E-state index contributed by atoms with van der Waals surface area (Å²) in [5, 5.41) is 16.7. The lowest BCUT2D eigenvalue weighted by atomic mass is 10.0. The van der Waals surface area contributed by atoms with E-state index >= 15 is 0 Å². The number of benzene rings is 2. The Balaban J connectivity index is 1.36. The molecule has 8 heteroatoms. The number of rotatable bonds is 9. The number of aromatic amines is 1. The maximum Gasteiger partial charge on any atom is 0.248 e. The van der Waals surface area contributed by atoms with Crippen LogP contribution in [0.25, 0.3) is 6.08 Å². The molecule has 1 amide bonds. The van der Waals surface area contributed by atoms with Crippen LogP contribution in [0.5, 0.6) is 11.5 Å². The minimum Gasteiger partial charge on any atom is -0.485 e. The normalized spacial score (nSPS) is 15.1. The van der Waals surface area contributed by atoms with Crippen molar-refractivity contribution in [2.75, 3.05) is 11.9 Å². The number of carbonyl (C=O) groups excluding carboxylic acids is 1. The molecule has 8 nitrogen and oxygen atoms in total. The van der Waals surface area contributed by atoms with E-state index in [0.717, 1.165) is 12.0 Å². The molecule has 166 valence electrons. The van der Waals surface area contributed by atoms with Gasteiger partial charge in [0.25, 0.3) is 0 Å². The number of hydrogen-bond acceptors (Lipinski definition) is 6. The first-order chi connectivity index (χ1) is 15.7. The molecule has 0 fully saturated rings. The van der Waals surface area contributed by atoms with Crippen molar-refractivity contribution >= 4 is 17.7 Å². The number of aromatic nitrogens is 4. The van der Waals surface area contributed by atoms with E-state index in [9.17, 15) is 4.79 Å². The van der Waals surface area contributed by atoms with Crippen molar-refractivity contribution in [3.63, 3.8) is 0 Å². The van der Waals surface area contributed by atoms with Crippen molar-refractivity contribution < 1.29 is 14.3 Å². The minimum absolute atomic E-state index is 0.257. The van der Waals surface area contributed by atoms with Gasteiger partial charge in [-0.3, -0.25) is 4.79 Å². The molecular formula is C24H27N5O3. The number of nitrogens with one attached hydrogen (secondary N) is 2. The van der Waals surface area contributed by atoms with Gasteiger partial charge < -0.3 is 14.8 Å². The average molecular weight is 434 g/mol. The van der Waals surface area contributed by atoms with Gasteiger partial charge in [0.05, 0.1) is 5.69 Å². The van der Waals surface area contributed by atoms with Crippen LogP contribution in [0.15, 0.2) is 48.5 Å². The number of H-pyrrole nitrogens is 1. The molecule has 0 radical (unpaired) electrons. The number of fused-ring (bicyclic) bond motifs is 1. The summed E-state index contributed by atoms with van der Waals surface area (Å²) in [6, 6.07) is 13.7. The molecule has 1 aromatic heterocycles. The van der Waals surface area contributed by atoms with Gasteiger partial charge in [0.1, 0.15) is 6.61 Å². The first kappa shape index (κ1) is 21.5. The van der Waals surface area contributed by atoms with Crippen LogP contribution in [0.3, 0.4) is 0 Å². The van der Waals surface area contributed by atoms with E-state index in [-0.39, 0.29) is 12.5 Å². The van der Waals surface area contributed by atoms with E-state index in [1.807, 2.05) is 12.1 Å². The smallest absolute Gasteiger partial charge is 0.248 e. The van der Waals surface area contributed by atoms with Gasteiger partial charge in [-0.25, -0.2) is 0 Å². The molecular weight excluding hydrogens is 406 g/mol. The standard InChI is InChI=1S/C24H27N5O3/c1-2-3-4-5-7-17-10-12-18(13-11-17)14-15-22(30)25-19-8-6-9-20-23(19)32-21(16-31-20)24-26-28-29-27-24/h6,8-15,21H,2-5,7,16H2,1H3,(H,25,30)(H,26,27,28,29)/b15-14+. The van der Waals surface area contributed by atoms with E-state index in [1.54, 1.807) is 24.3 Å². The lowest BCUT2D eigenvalue weighted by Gasteiger charge is -2.26. The maximum absolute atomic E-state index is 12.5. The highest BCUT2D eigenvalue weighted by molar-refractivity contribution is 6.03. The summed E-state index contributed by atoms with van der Waals surface area (Å²) in [5.41, 5.74) is 2.82. The first-order valence-electron chi connectivity index (χ1n) is 11.0. The number of tetrazole rings is 1. The zero-order valence-electron chi connectivity index (χ0n) is 18.1. The van der Waals surface area contributed by atoms with Gasteiger partial charge in [0.2, 0.25) is 11.7 Å². The fraction of sp³-hybridized carbons (Fsp3) is 0.333. The largest absolute Gasteiger partial charge is 0.485 e. The van der Waals surface area contributed by atoms with Gasteiger partial charge in [0, 0.05) is 6.08 Å². The molecule has 0 saturated heterocycles. The molecule has 2 N–H and O–H groups in total. The SMILES string of the molecule is CCCCCCc1ccc(/C=C/C(=O)Nc2cccc3c2OC(c2nn[nH]n2)CO3)cc1. The van der Waals surface area contributed by atoms with Gasteiger partial charge in [-0.1, -0.05) is 61.7 Å². The number of anilines is 1. The fourth-order valence-corrected chi connectivity index (χ4v) is 3.52. The second-order valence-electron chi connectivity index (χ2n) is 7.70. The Morgan fingerprint density at radius 2 is 2.06 bits per heavy atom. The van der Waals surface area contributed by atoms with Gasteiger partial charge in [-0.15, -0.1) is 10.2 Å². The second-order valence-corrected chi connectivity index (χ2v) is 7.70. The van der Waals surface area contributed by atoms with Crippen LogP contribution in [0, 0.1) is 0 Å². The van der Waals surface area contributed by atoms with Crippen LogP contribution in [0.4, 0.5) is 5.69 Å². The van der Waals surface area contributed by atoms with Crippen LogP contribution in [-0.4, -0.2) is 33.1 Å². The predicted octanol–water partition coefficient (Wildman–Crippen LogP) is 4.49. The Bertz CT molecular complexity index is 1050. The lowest BCUT2D eigenvalue weighted by Crippen LogP contribution is -2.24. The Morgan fingerprint density at radius 1 is 1.19 bits per heavy atom. The molecule has 0 spiro atoms. The quantitative estimate of drug-likeness (QED) is 0.381. The van der Waals surface area contributed by atoms with Gasteiger partial charge in [-0.2, -0.15) is 5.21 Å². The average Bonchev–Trinajstić information content (AvgIpc) is 3.36. The Hall–Kier alpha value is -3.68. The summed E-state index contributed by atoms with van der Waals surface area (Å²) in [5.74, 6) is 1.14. The van der Waals surface area contributed by atoms with Gasteiger partial charge in [-0.05, 0) is 42.2 Å². The molecule has 1 aliphatic heterocycles. The van der Waals surface area contributed by atoms with Crippen molar-refractivity contribution in [2.45, 2.75) is 45.1 Å². The summed E-state index contributed by atoms with van der Waals surface area (Å²) in [7, 11) is 0. The highest BCUT2D eigenvalue weighted by Crippen LogP contribution is 2.41. The van der Waals surface area contributed by atoms with E-state index in [0.29, 0.717) is 23.0 Å². The summed E-state index contributed by atoms with van der Waals surface area (Å²) in [6.07, 6.45) is 8.91. The lowest BCUT2D eigenvalue weighted by molar-refractivity contribution is -0.111. The Labute approximate surface area is 187 Å². The summed E-state index contributed by atoms with van der Waals surface area (Å²) in [6.45, 7) is 2.48. The summed E-state index contributed by atoms with van der Waals surface area (Å²) < 4.78 is 11.7. The number of ether oxygens (including phenoxy) is 2. The van der Waals surface area contributed by atoms with Crippen LogP contribution >= 0.6 is 0 Å². The third-order valence-corrected chi connectivity index (χ3v) is 5.26. The number of hydrogen-bond donors (Lipinski definition) is 2. The molecule has 4 rings (SSSR count). The van der Waals surface area contributed by atoms with Crippen LogP contribution in [0.1, 0.15) is 55.7 Å². The number of aryl methyl sites for hydroxylation is 1. The van der Waals surface area contributed by atoms with E-state index in [1.165, 1.54) is 37.3 Å². The third-order valence-electron chi connectivity index (χ3n) is 5.26. The minimum atomic E-state index is -0.504. The predicted molar refractivity (Wildman–Crippen MR) is 121 cm³/mol. The highest BCUT2D eigenvalue weighted by atomic mass is 16.6. The van der Waals surface area contributed by atoms with E-state index < -0.39 is 6.10 Å².